The zero-order valence-corrected chi connectivity index (χ0v) is 10.8. The van der Waals surface area contributed by atoms with Crippen LogP contribution in [0.25, 0.3) is 0 Å². The molecular weight excluding hydrogens is 251 g/mol. The van der Waals surface area contributed by atoms with Crippen LogP contribution in [0.2, 0.25) is 0 Å². The Morgan fingerprint density at radius 3 is 2.63 bits per heavy atom. The highest BCUT2D eigenvalue weighted by atomic mass is 19.1. The summed E-state index contributed by atoms with van der Waals surface area (Å²) in [6.07, 6.45) is -1.56. The summed E-state index contributed by atoms with van der Waals surface area (Å²) in [4.78, 5) is 23.3. The van der Waals surface area contributed by atoms with E-state index in [1.54, 1.807) is 37.3 Å². The Bertz CT molecular complexity index is 483. The first-order valence-corrected chi connectivity index (χ1v) is 6.12. The topological polar surface area (TPSA) is 52.6 Å². The molecule has 0 bridgehead atoms. The van der Waals surface area contributed by atoms with Gasteiger partial charge in [0.15, 0.2) is 6.10 Å². The van der Waals surface area contributed by atoms with E-state index in [9.17, 15) is 14.0 Å². The minimum absolute atomic E-state index is 0.313. The summed E-state index contributed by atoms with van der Waals surface area (Å²) in [6.45, 7) is 2.82. The minimum atomic E-state index is -2.30. The first-order valence-electron chi connectivity index (χ1n) is 6.12. The lowest BCUT2D eigenvalue weighted by molar-refractivity contribution is -0.149. The molecule has 1 saturated heterocycles. The lowest BCUT2D eigenvalue weighted by atomic mass is 9.98. The van der Waals surface area contributed by atoms with Crippen LogP contribution in [0.3, 0.4) is 0 Å². The molecule has 3 atom stereocenters. The molecule has 0 N–H and O–H groups in total. The van der Waals surface area contributed by atoms with E-state index in [0.29, 0.717) is 12.0 Å². The predicted molar refractivity (Wildman–Crippen MR) is 65.3 cm³/mol. The number of hydrogen-bond donors (Lipinski definition) is 0. The van der Waals surface area contributed by atoms with E-state index in [4.69, 9.17) is 9.47 Å². The van der Waals surface area contributed by atoms with E-state index in [1.807, 2.05) is 0 Å². The van der Waals surface area contributed by atoms with Crippen molar-refractivity contribution in [3.05, 3.63) is 35.9 Å². The number of carbonyl (C=O) groups is 2. The fourth-order valence-corrected chi connectivity index (χ4v) is 2.02. The molecule has 0 unspecified atom stereocenters. The number of rotatable bonds is 3. The third kappa shape index (κ3) is 2.45. The highest BCUT2D eigenvalue weighted by Gasteiger charge is 2.57. The van der Waals surface area contributed by atoms with Crippen LogP contribution in [0.15, 0.2) is 30.3 Å². The Labute approximate surface area is 110 Å². The number of cyclic esters (lactones) is 1. The van der Waals surface area contributed by atoms with Crippen molar-refractivity contribution in [2.24, 2.45) is 0 Å². The normalized spacial score (nSPS) is 29.9. The molecule has 0 aromatic heterocycles. The maximum absolute atomic E-state index is 14.2. The maximum atomic E-state index is 14.2. The van der Waals surface area contributed by atoms with Gasteiger partial charge in [-0.25, -0.2) is 14.0 Å². The molecule has 0 radical (unpaired) electrons. The summed E-state index contributed by atoms with van der Waals surface area (Å²) in [5.41, 5.74) is -1.99. The van der Waals surface area contributed by atoms with Crippen molar-refractivity contribution in [3.8, 4) is 0 Å². The average Bonchev–Trinajstić information content (AvgIpc) is 2.63. The van der Waals surface area contributed by atoms with Gasteiger partial charge < -0.3 is 9.47 Å². The second-order valence-electron chi connectivity index (χ2n) is 4.62. The molecule has 1 aromatic carbocycles. The Balaban J connectivity index is 2.17. The van der Waals surface area contributed by atoms with Crippen LogP contribution in [0.5, 0.6) is 0 Å². The Morgan fingerprint density at radius 2 is 2.05 bits per heavy atom. The van der Waals surface area contributed by atoms with E-state index in [2.05, 4.69) is 0 Å². The highest BCUT2D eigenvalue weighted by molar-refractivity contribution is 5.90. The zero-order valence-electron chi connectivity index (χ0n) is 10.8. The van der Waals surface area contributed by atoms with Crippen molar-refractivity contribution < 1.29 is 23.5 Å². The molecule has 4 nitrogen and oxygen atoms in total. The molecule has 5 heteroatoms. The summed E-state index contributed by atoms with van der Waals surface area (Å²) >= 11 is 0. The molecule has 1 heterocycles. The Hall–Kier alpha value is -1.91. The monoisotopic (exact) mass is 266 g/mol. The fraction of sp³-hybridized carbons (Fsp3) is 0.429. The van der Waals surface area contributed by atoms with Crippen LogP contribution in [-0.4, -0.2) is 29.8 Å². The molecule has 1 fully saturated rings. The molecule has 0 saturated carbocycles. The SMILES string of the molecule is CC[C@H]1OC(=O)[C@](C)(F)[C@@H]1OC(=O)c1ccccc1. The van der Waals surface area contributed by atoms with Crippen molar-refractivity contribution in [1.82, 2.24) is 0 Å². The second-order valence-corrected chi connectivity index (χ2v) is 4.62. The lowest BCUT2D eigenvalue weighted by Gasteiger charge is -2.22. The van der Waals surface area contributed by atoms with Gasteiger partial charge in [-0.3, -0.25) is 0 Å². The number of benzene rings is 1. The fourth-order valence-electron chi connectivity index (χ4n) is 2.02. The largest absolute Gasteiger partial charge is 0.456 e. The van der Waals surface area contributed by atoms with Crippen LogP contribution >= 0.6 is 0 Å². The van der Waals surface area contributed by atoms with Crippen molar-refractivity contribution in [2.75, 3.05) is 0 Å². The highest BCUT2D eigenvalue weighted by Crippen LogP contribution is 2.34. The van der Waals surface area contributed by atoms with Gasteiger partial charge in [0.1, 0.15) is 6.10 Å². The molecule has 1 aliphatic heterocycles. The van der Waals surface area contributed by atoms with Gasteiger partial charge in [-0.2, -0.15) is 0 Å². The van der Waals surface area contributed by atoms with E-state index in [-0.39, 0.29) is 0 Å². The number of halogens is 1. The average molecular weight is 266 g/mol. The maximum Gasteiger partial charge on any atom is 0.348 e. The molecule has 0 aliphatic carbocycles. The van der Waals surface area contributed by atoms with Crippen LogP contribution < -0.4 is 0 Å². The molecular formula is C14H15FO4. The molecule has 1 aromatic rings. The molecule has 102 valence electrons. The first-order chi connectivity index (χ1) is 8.96. The molecule has 0 amide bonds. The summed E-state index contributed by atoms with van der Waals surface area (Å²) in [5.74, 6) is -1.64. The molecule has 19 heavy (non-hydrogen) atoms. The van der Waals surface area contributed by atoms with Gasteiger partial charge in [-0.05, 0) is 25.5 Å². The van der Waals surface area contributed by atoms with E-state index < -0.39 is 29.8 Å². The van der Waals surface area contributed by atoms with Crippen molar-refractivity contribution in [2.45, 2.75) is 38.1 Å². The number of carbonyl (C=O) groups excluding carboxylic acids is 2. The van der Waals surface area contributed by atoms with Crippen molar-refractivity contribution in [3.63, 3.8) is 0 Å². The van der Waals surface area contributed by atoms with Gasteiger partial charge in [0.2, 0.25) is 5.67 Å². The number of hydrogen-bond acceptors (Lipinski definition) is 4. The summed E-state index contributed by atoms with van der Waals surface area (Å²) in [5, 5.41) is 0. The second kappa shape index (κ2) is 4.99. The predicted octanol–water partition coefficient (Wildman–Crippen LogP) is 2.28. The third-order valence-electron chi connectivity index (χ3n) is 3.18. The van der Waals surface area contributed by atoms with Gasteiger partial charge >= 0.3 is 11.9 Å². The van der Waals surface area contributed by atoms with Gasteiger partial charge in [-0.15, -0.1) is 0 Å². The Morgan fingerprint density at radius 1 is 1.42 bits per heavy atom. The van der Waals surface area contributed by atoms with E-state index >= 15 is 0 Å². The molecule has 0 spiro atoms. The molecule has 2 rings (SSSR count). The minimum Gasteiger partial charge on any atom is -0.456 e. The standard InChI is InChI=1S/C14H15FO4/c1-3-10-11(14(2,15)13(17)18-10)19-12(16)9-7-5-4-6-8-9/h4-8,10-11H,3H2,1-2H3/t10-,11-,14-/m1/s1. The number of ether oxygens (including phenoxy) is 2. The quantitative estimate of drug-likeness (QED) is 0.787. The first kappa shape index (κ1) is 13.5. The zero-order chi connectivity index (χ0) is 14.0. The van der Waals surface area contributed by atoms with Gasteiger partial charge in [-0.1, -0.05) is 25.1 Å². The summed E-state index contributed by atoms with van der Waals surface area (Å²) in [6, 6.07) is 8.25. The van der Waals surface area contributed by atoms with Gasteiger partial charge in [0.05, 0.1) is 5.56 Å². The van der Waals surface area contributed by atoms with Gasteiger partial charge in [0, 0.05) is 0 Å². The van der Waals surface area contributed by atoms with Crippen LogP contribution in [0, 0.1) is 0 Å². The number of alkyl halides is 1. The Kier molecular flexibility index (Phi) is 3.55. The van der Waals surface area contributed by atoms with Gasteiger partial charge in [0.25, 0.3) is 0 Å². The smallest absolute Gasteiger partial charge is 0.348 e. The summed E-state index contributed by atoms with van der Waals surface area (Å²) in [7, 11) is 0. The van der Waals surface area contributed by atoms with Crippen molar-refractivity contribution >= 4 is 11.9 Å². The van der Waals surface area contributed by atoms with Crippen LogP contribution in [-0.2, 0) is 14.3 Å². The van der Waals surface area contributed by atoms with Crippen LogP contribution in [0.4, 0.5) is 4.39 Å². The lowest BCUT2D eigenvalue weighted by Crippen LogP contribution is -2.42. The van der Waals surface area contributed by atoms with Crippen LogP contribution in [0.1, 0.15) is 30.6 Å². The van der Waals surface area contributed by atoms with Crippen molar-refractivity contribution in [1.29, 1.82) is 0 Å². The number of esters is 2. The summed E-state index contributed by atoms with van der Waals surface area (Å²) < 4.78 is 24.2. The molecule has 1 aliphatic rings. The van der Waals surface area contributed by atoms with E-state index in [1.165, 1.54) is 0 Å². The third-order valence-corrected chi connectivity index (χ3v) is 3.18. The van der Waals surface area contributed by atoms with E-state index in [0.717, 1.165) is 6.92 Å².